The van der Waals surface area contributed by atoms with Crippen molar-refractivity contribution in [1.82, 2.24) is 24.8 Å². The number of nitrogens with two attached hydrogens (primary N) is 1. The van der Waals surface area contributed by atoms with Crippen LogP contribution in [0.5, 0.6) is 0 Å². The Morgan fingerprint density at radius 1 is 1.31 bits per heavy atom. The fraction of sp³-hybridized carbons (Fsp3) is 0.500. The molecule has 0 aromatic carbocycles. The molecular weight excluding hydrogens is 204 g/mol. The van der Waals surface area contributed by atoms with Crippen molar-refractivity contribution in [2.24, 2.45) is 7.05 Å². The smallest absolute Gasteiger partial charge is 0.110 e. The number of aryl methyl sites for hydroxylation is 2. The average molecular weight is 220 g/mol. The second-order valence-corrected chi connectivity index (χ2v) is 4.39. The molecule has 0 aliphatic rings. The maximum atomic E-state index is 5.80. The summed E-state index contributed by atoms with van der Waals surface area (Å²) in [5.41, 5.74) is 7.83. The Morgan fingerprint density at radius 3 is 2.44 bits per heavy atom. The van der Waals surface area contributed by atoms with Crippen LogP contribution >= 0.6 is 0 Å². The van der Waals surface area contributed by atoms with Crippen molar-refractivity contribution < 1.29 is 0 Å². The number of nitrogens with zero attached hydrogens (tertiary/aromatic N) is 5. The third-order valence-electron chi connectivity index (χ3n) is 2.74. The highest BCUT2D eigenvalue weighted by Crippen LogP contribution is 2.24. The molecule has 2 N–H and O–H groups in total. The van der Waals surface area contributed by atoms with Gasteiger partial charge in [-0.25, -0.2) is 0 Å². The number of hydrogen-bond acceptors (Lipinski definition) is 4. The third kappa shape index (κ3) is 1.56. The van der Waals surface area contributed by atoms with Crippen LogP contribution in [-0.2, 0) is 12.6 Å². The van der Waals surface area contributed by atoms with Gasteiger partial charge in [-0.1, -0.05) is 0 Å². The average Bonchev–Trinajstić information content (AvgIpc) is 2.75. The first-order valence-corrected chi connectivity index (χ1v) is 5.10. The van der Waals surface area contributed by atoms with Gasteiger partial charge in [0.25, 0.3) is 0 Å². The minimum atomic E-state index is -0.351. The van der Waals surface area contributed by atoms with Gasteiger partial charge in [0.2, 0.25) is 0 Å². The molecule has 0 fully saturated rings. The van der Waals surface area contributed by atoms with Crippen molar-refractivity contribution in [3.63, 3.8) is 0 Å². The molecule has 0 atom stereocenters. The number of nitrogen functional groups attached to an aromatic ring is 1. The standard InChI is InChI=1S/C10H16N6/c1-7-8(11)6-16(13-7)10(2,3)9-5-12-15(4)14-9/h5-6H,11H2,1-4H3. The Balaban J connectivity index is 2.45. The molecule has 6 nitrogen and oxygen atoms in total. The van der Waals surface area contributed by atoms with E-state index < -0.39 is 0 Å². The summed E-state index contributed by atoms with van der Waals surface area (Å²) in [6.07, 6.45) is 3.57. The van der Waals surface area contributed by atoms with E-state index in [-0.39, 0.29) is 5.54 Å². The van der Waals surface area contributed by atoms with E-state index in [2.05, 4.69) is 15.3 Å². The lowest BCUT2D eigenvalue weighted by molar-refractivity contribution is 0.374. The molecule has 0 bridgehead atoms. The van der Waals surface area contributed by atoms with Crippen molar-refractivity contribution in [2.45, 2.75) is 26.3 Å². The van der Waals surface area contributed by atoms with Gasteiger partial charge in [0.1, 0.15) is 11.2 Å². The maximum Gasteiger partial charge on any atom is 0.110 e. The zero-order valence-corrected chi connectivity index (χ0v) is 9.97. The van der Waals surface area contributed by atoms with E-state index >= 15 is 0 Å². The topological polar surface area (TPSA) is 74.5 Å². The van der Waals surface area contributed by atoms with Gasteiger partial charge in [-0.05, 0) is 20.8 Å². The van der Waals surface area contributed by atoms with Gasteiger partial charge < -0.3 is 5.73 Å². The fourth-order valence-corrected chi connectivity index (χ4v) is 1.50. The van der Waals surface area contributed by atoms with Crippen molar-refractivity contribution >= 4 is 5.69 Å². The van der Waals surface area contributed by atoms with E-state index in [0.29, 0.717) is 5.69 Å². The number of aromatic nitrogens is 5. The highest BCUT2D eigenvalue weighted by molar-refractivity contribution is 5.40. The summed E-state index contributed by atoms with van der Waals surface area (Å²) in [6.45, 7) is 5.95. The second kappa shape index (κ2) is 3.33. The molecule has 0 amide bonds. The van der Waals surface area contributed by atoms with Crippen molar-refractivity contribution in [3.05, 3.63) is 23.8 Å². The first-order chi connectivity index (χ1) is 7.41. The first-order valence-electron chi connectivity index (χ1n) is 5.10. The maximum absolute atomic E-state index is 5.80. The predicted octanol–water partition coefficient (Wildman–Crippen LogP) is 0.686. The predicted molar refractivity (Wildman–Crippen MR) is 60.8 cm³/mol. The summed E-state index contributed by atoms with van der Waals surface area (Å²) in [7, 11) is 1.79. The van der Waals surface area contributed by atoms with Crippen LogP contribution in [0.4, 0.5) is 5.69 Å². The Bertz CT molecular complexity index is 488. The minimum absolute atomic E-state index is 0.351. The van der Waals surface area contributed by atoms with Gasteiger partial charge in [0, 0.05) is 13.2 Å². The van der Waals surface area contributed by atoms with Crippen molar-refractivity contribution in [3.8, 4) is 0 Å². The highest BCUT2D eigenvalue weighted by atomic mass is 15.5. The molecule has 16 heavy (non-hydrogen) atoms. The van der Waals surface area contributed by atoms with Gasteiger partial charge >= 0.3 is 0 Å². The Kier molecular flexibility index (Phi) is 2.22. The molecule has 86 valence electrons. The third-order valence-corrected chi connectivity index (χ3v) is 2.74. The summed E-state index contributed by atoms with van der Waals surface area (Å²) < 4.78 is 1.82. The molecular formula is C10H16N6. The summed E-state index contributed by atoms with van der Waals surface area (Å²) >= 11 is 0. The molecule has 0 aliphatic carbocycles. The van der Waals surface area contributed by atoms with Gasteiger partial charge in [0.05, 0.1) is 17.6 Å². The summed E-state index contributed by atoms with van der Waals surface area (Å²) in [4.78, 5) is 1.54. The van der Waals surface area contributed by atoms with Gasteiger partial charge in [-0.2, -0.15) is 20.1 Å². The molecule has 0 aliphatic heterocycles. The van der Waals surface area contributed by atoms with E-state index in [0.717, 1.165) is 11.4 Å². The zero-order valence-electron chi connectivity index (χ0n) is 9.97. The molecule has 2 aromatic rings. The van der Waals surface area contributed by atoms with Gasteiger partial charge in [-0.15, -0.1) is 0 Å². The number of hydrogen-bond donors (Lipinski definition) is 1. The first kappa shape index (κ1) is 10.7. The fourth-order valence-electron chi connectivity index (χ4n) is 1.50. The highest BCUT2D eigenvalue weighted by Gasteiger charge is 2.27. The van der Waals surface area contributed by atoms with Gasteiger partial charge in [0.15, 0.2) is 0 Å². The molecule has 0 spiro atoms. The zero-order chi connectivity index (χ0) is 11.9. The molecule has 0 saturated carbocycles. The van der Waals surface area contributed by atoms with E-state index in [4.69, 9.17) is 5.73 Å². The molecule has 6 heteroatoms. The van der Waals surface area contributed by atoms with Crippen LogP contribution in [0, 0.1) is 6.92 Å². The quantitative estimate of drug-likeness (QED) is 0.807. The van der Waals surface area contributed by atoms with Crippen LogP contribution in [-0.4, -0.2) is 24.8 Å². The summed E-state index contributed by atoms with van der Waals surface area (Å²) in [5, 5.41) is 12.8. The van der Waals surface area contributed by atoms with Gasteiger partial charge in [-0.3, -0.25) is 4.68 Å². The Labute approximate surface area is 94.1 Å². The molecule has 0 unspecified atom stereocenters. The molecule has 2 heterocycles. The van der Waals surface area contributed by atoms with Crippen molar-refractivity contribution in [1.29, 1.82) is 0 Å². The van der Waals surface area contributed by atoms with Crippen LogP contribution in [0.2, 0.25) is 0 Å². The Hall–Kier alpha value is -1.85. The second-order valence-electron chi connectivity index (χ2n) is 4.39. The van der Waals surface area contributed by atoms with Crippen LogP contribution < -0.4 is 5.73 Å². The minimum Gasteiger partial charge on any atom is -0.396 e. The van der Waals surface area contributed by atoms with E-state index in [9.17, 15) is 0 Å². The monoisotopic (exact) mass is 220 g/mol. The number of anilines is 1. The van der Waals surface area contributed by atoms with Crippen LogP contribution in [0.3, 0.4) is 0 Å². The van der Waals surface area contributed by atoms with Crippen LogP contribution in [0.15, 0.2) is 12.4 Å². The largest absolute Gasteiger partial charge is 0.396 e. The molecule has 2 aromatic heterocycles. The molecule has 0 radical (unpaired) electrons. The van der Waals surface area contributed by atoms with E-state index in [1.54, 1.807) is 13.2 Å². The normalized spacial score (nSPS) is 12.0. The lowest BCUT2D eigenvalue weighted by atomic mass is 10.0. The Morgan fingerprint density at radius 2 is 2.00 bits per heavy atom. The lowest BCUT2D eigenvalue weighted by Crippen LogP contribution is -2.29. The lowest BCUT2D eigenvalue weighted by Gasteiger charge is -2.22. The van der Waals surface area contributed by atoms with Crippen LogP contribution in [0.25, 0.3) is 0 Å². The molecule has 2 rings (SSSR count). The molecule has 0 saturated heterocycles. The SMILES string of the molecule is Cc1nn(C(C)(C)c2cnn(C)n2)cc1N. The van der Waals surface area contributed by atoms with E-state index in [1.165, 1.54) is 4.80 Å². The van der Waals surface area contributed by atoms with Crippen molar-refractivity contribution in [2.75, 3.05) is 5.73 Å². The summed E-state index contributed by atoms with van der Waals surface area (Å²) in [6, 6.07) is 0. The van der Waals surface area contributed by atoms with E-state index in [1.807, 2.05) is 31.6 Å². The number of rotatable bonds is 2. The van der Waals surface area contributed by atoms with Crippen LogP contribution in [0.1, 0.15) is 25.2 Å². The summed E-state index contributed by atoms with van der Waals surface area (Å²) in [5.74, 6) is 0.